The fourth-order valence-corrected chi connectivity index (χ4v) is 8.52. The highest BCUT2D eigenvalue weighted by Gasteiger charge is 2.56. The third-order valence-corrected chi connectivity index (χ3v) is 10.5. The van der Waals surface area contributed by atoms with E-state index in [0.717, 1.165) is 27.0 Å². The number of thioether (sulfide) groups is 1. The smallest absolute Gasteiger partial charge is 0.338 e. The molecule has 236 valence electrons. The number of carbonyl (C=O) groups is 4. The van der Waals surface area contributed by atoms with Gasteiger partial charge in [-0.05, 0) is 71.8 Å². The van der Waals surface area contributed by atoms with Crippen molar-refractivity contribution in [2.24, 2.45) is 5.92 Å². The summed E-state index contributed by atoms with van der Waals surface area (Å²) in [4.78, 5) is 69.6. The average molecular weight is 666 g/mol. The van der Waals surface area contributed by atoms with Gasteiger partial charge in [0.05, 0.1) is 28.8 Å². The number of anilines is 2. The molecule has 1 saturated heterocycles. The molecule has 0 unspecified atom stereocenters. The molecule has 1 fully saturated rings. The van der Waals surface area contributed by atoms with Crippen molar-refractivity contribution in [2.45, 2.75) is 23.1 Å². The van der Waals surface area contributed by atoms with Crippen molar-refractivity contribution in [3.05, 3.63) is 117 Å². The molecule has 0 spiro atoms. The van der Waals surface area contributed by atoms with Crippen LogP contribution in [0, 0.1) is 5.92 Å². The number of aromatic amines is 1. The van der Waals surface area contributed by atoms with E-state index in [1.165, 1.54) is 23.9 Å². The van der Waals surface area contributed by atoms with E-state index < -0.39 is 34.9 Å². The topological polar surface area (TPSA) is 135 Å². The number of benzene rings is 4. The third kappa shape index (κ3) is 5.81. The Morgan fingerprint density at radius 3 is 2.47 bits per heavy atom. The average Bonchev–Trinajstić information content (AvgIpc) is 3.57. The summed E-state index contributed by atoms with van der Waals surface area (Å²) in [5.41, 5.74) is 1.97. The molecule has 0 aliphatic carbocycles. The zero-order valence-electron chi connectivity index (χ0n) is 24.9. The number of H-pyrrole nitrogens is 1. The molecule has 12 heteroatoms. The van der Waals surface area contributed by atoms with Crippen LogP contribution >= 0.6 is 23.1 Å². The zero-order chi connectivity index (χ0) is 32.7. The van der Waals surface area contributed by atoms with Crippen LogP contribution in [0.3, 0.4) is 0 Å². The van der Waals surface area contributed by atoms with Crippen molar-refractivity contribution in [3.8, 4) is 5.75 Å². The molecule has 2 N–H and O–H groups in total. The van der Waals surface area contributed by atoms with E-state index in [-0.39, 0.29) is 24.0 Å². The molecule has 47 heavy (non-hydrogen) atoms. The number of aromatic nitrogens is 1. The monoisotopic (exact) mass is 665 g/mol. The van der Waals surface area contributed by atoms with Crippen LogP contribution in [0.5, 0.6) is 5.75 Å². The minimum absolute atomic E-state index is 0.225. The number of carbonyl (C=O) groups excluding carboxylic acids is 4. The predicted octanol–water partition coefficient (Wildman–Crippen LogP) is 5.58. The van der Waals surface area contributed by atoms with Gasteiger partial charge in [-0.1, -0.05) is 65.6 Å². The van der Waals surface area contributed by atoms with Gasteiger partial charge in [-0.3, -0.25) is 19.2 Å². The van der Waals surface area contributed by atoms with Crippen LogP contribution in [0.15, 0.2) is 101 Å². The van der Waals surface area contributed by atoms with Crippen molar-refractivity contribution in [2.75, 3.05) is 23.4 Å². The minimum atomic E-state index is -0.803. The van der Waals surface area contributed by atoms with Crippen molar-refractivity contribution >= 4 is 68.9 Å². The van der Waals surface area contributed by atoms with E-state index in [9.17, 15) is 24.0 Å². The van der Waals surface area contributed by atoms with Gasteiger partial charge in [-0.2, -0.15) is 0 Å². The molecule has 5 aromatic rings. The normalized spacial score (nSPS) is 18.5. The lowest BCUT2D eigenvalue weighted by molar-refractivity contribution is -0.122. The SMILES string of the molecule is CCOC(=O)c1ccc(N2C(=O)[C@H]3[C@H](c4cccc(OCC(=O)Nc5ccc6ccccc6c5)c4)c4sc(=O)[nH]c4S[C@H]3C2=O)cc1. The number of fused-ring (bicyclic) bond motifs is 3. The first-order valence-corrected chi connectivity index (χ1v) is 16.6. The fraction of sp³-hybridized carbons (Fsp3) is 0.171. The Morgan fingerprint density at radius 1 is 0.894 bits per heavy atom. The number of esters is 1. The van der Waals surface area contributed by atoms with Gasteiger partial charge < -0.3 is 19.8 Å². The Bertz CT molecular complexity index is 2110. The highest BCUT2D eigenvalue weighted by molar-refractivity contribution is 8.00. The molecule has 4 aromatic carbocycles. The second-order valence-corrected chi connectivity index (χ2v) is 13.2. The molecule has 3 amide bonds. The van der Waals surface area contributed by atoms with Crippen LogP contribution in [0.1, 0.15) is 33.6 Å². The molecular formula is C35H27N3O7S2. The van der Waals surface area contributed by atoms with Gasteiger partial charge in [-0.25, -0.2) is 9.69 Å². The Hall–Kier alpha value is -5.20. The Labute approximate surface area is 276 Å². The van der Waals surface area contributed by atoms with Crippen molar-refractivity contribution < 1.29 is 28.7 Å². The standard InChI is InChI=1S/C35H27N3O7S2/c1-2-44-34(42)20-11-14-24(15-12-20)38-32(40)28-27(29-31(37-35(43)47-29)46-30(28)33(38)41)22-8-5-9-25(17-22)45-18-26(39)36-23-13-10-19-6-3-4-7-21(19)16-23/h3-17,27-28,30H,2,18H2,1H3,(H,36,39)(H,37,43)/t27-,28-,30+/m0/s1. The molecule has 0 radical (unpaired) electrons. The van der Waals surface area contributed by atoms with Crippen molar-refractivity contribution in [1.29, 1.82) is 0 Å². The zero-order valence-corrected chi connectivity index (χ0v) is 26.6. The van der Waals surface area contributed by atoms with Gasteiger partial charge in [-0.15, -0.1) is 0 Å². The van der Waals surface area contributed by atoms with Gasteiger partial charge in [0.15, 0.2) is 6.61 Å². The third-order valence-electron chi connectivity index (χ3n) is 8.08. The molecule has 10 nitrogen and oxygen atoms in total. The van der Waals surface area contributed by atoms with Crippen LogP contribution in [0.25, 0.3) is 10.8 Å². The Balaban J connectivity index is 1.13. The van der Waals surface area contributed by atoms with Crippen LogP contribution in [-0.4, -0.2) is 47.1 Å². The first kappa shape index (κ1) is 30.5. The molecule has 2 aliphatic rings. The minimum Gasteiger partial charge on any atom is -0.484 e. The summed E-state index contributed by atoms with van der Waals surface area (Å²) < 4.78 is 10.9. The summed E-state index contributed by atoms with van der Waals surface area (Å²) in [7, 11) is 0. The first-order valence-electron chi connectivity index (χ1n) is 14.9. The van der Waals surface area contributed by atoms with E-state index in [0.29, 0.717) is 38.2 Å². The summed E-state index contributed by atoms with van der Waals surface area (Å²) in [6.07, 6.45) is 0. The lowest BCUT2D eigenvalue weighted by atomic mass is 9.83. The molecule has 0 saturated carbocycles. The van der Waals surface area contributed by atoms with E-state index in [4.69, 9.17) is 9.47 Å². The maximum Gasteiger partial charge on any atom is 0.338 e. The number of rotatable bonds is 8. The van der Waals surface area contributed by atoms with Crippen molar-refractivity contribution in [3.63, 3.8) is 0 Å². The molecule has 1 aromatic heterocycles. The number of nitrogens with one attached hydrogen (secondary N) is 2. The van der Waals surface area contributed by atoms with Crippen LogP contribution in [0.2, 0.25) is 0 Å². The van der Waals surface area contributed by atoms with Crippen LogP contribution < -0.4 is 19.8 Å². The summed E-state index contributed by atoms with van der Waals surface area (Å²) in [5.74, 6) is -2.67. The lowest BCUT2D eigenvalue weighted by Gasteiger charge is -2.30. The molecule has 7 rings (SSSR count). The van der Waals surface area contributed by atoms with E-state index in [2.05, 4.69) is 10.3 Å². The number of nitrogens with zero attached hydrogens (tertiary/aromatic N) is 1. The van der Waals surface area contributed by atoms with Gasteiger partial charge in [0.25, 0.3) is 5.91 Å². The van der Waals surface area contributed by atoms with Gasteiger partial charge in [0.2, 0.25) is 11.8 Å². The largest absolute Gasteiger partial charge is 0.484 e. The predicted molar refractivity (Wildman–Crippen MR) is 179 cm³/mol. The highest BCUT2D eigenvalue weighted by atomic mass is 32.2. The van der Waals surface area contributed by atoms with E-state index in [1.807, 2.05) is 48.5 Å². The summed E-state index contributed by atoms with van der Waals surface area (Å²) >= 11 is 2.18. The Morgan fingerprint density at radius 2 is 1.68 bits per heavy atom. The van der Waals surface area contributed by atoms with Gasteiger partial charge >= 0.3 is 10.8 Å². The fourth-order valence-electron chi connectivity index (χ4n) is 6.00. The highest BCUT2D eigenvalue weighted by Crippen LogP contribution is 2.53. The lowest BCUT2D eigenvalue weighted by Crippen LogP contribution is -2.32. The number of ether oxygens (including phenoxy) is 2. The van der Waals surface area contributed by atoms with E-state index in [1.54, 1.807) is 37.3 Å². The number of hydrogen-bond acceptors (Lipinski definition) is 9. The second kappa shape index (κ2) is 12.5. The quantitative estimate of drug-likeness (QED) is 0.162. The molecule has 2 aliphatic heterocycles. The van der Waals surface area contributed by atoms with E-state index >= 15 is 0 Å². The van der Waals surface area contributed by atoms with Crippen molar-refractivity contribution in [1.82, 2.24) is 4.98 Å². The second-order valence-electron chi connectivity index (χ2n) is 11.0. The maximum atomic E-state index is 14.1. The summed E-state index contributed by atoms with van der Waals surface area (Å²) in [5, 5.41) is 4.69. The van der Waals surface area contributed by atoms with Crippen LogP contribution in [0.4, 0.5) is 11.4 Å². The van der Waals surface area contributed by atoms with Gasteiger partial charge in [0.1, 0.15) is 11.0 Å². The molecular weight excluding hydrogens is 639 g/mol. The van der Waals surface area contributed by atoms with Gasteiger partial charge in [0, 0.05) is 16.5 Å². The number of imide groups is 1. The Kier molecular flexibility index (Phi) is 8.12. The first-order chi connectivity index (χ1) is 22.8. The molecule has 3 heterocycles. The number of hydrogen-bond donors (Lipinski definition) is 2. The summed E-state index contributed by atoms with van der Waals surface area (Å²) in [6, 6.07) is 26.7. The number of amides is 3. The number of thiazole rings is 1. The molecule has 0 bridgehead atoms. The summed E-state index contributed by atoms with van der Waals surface area (Å²) in [6.45, 7) is 1.68. The molecule has 3 atom stereocenters. The maximum absolute atomic E-state index is 14.1. The van der Waals surface area contributed by atoms with Crippen LogP contribution in [-0.2, 0) is 19.1 Å².